The highest BCUT2D eigenvalue weighted by molar-refractivity contribution is 5.33. The normalized spacial score (nSPS) is 12.0. The molecule has 0 bridgehead atoms. The first kappa shape index (κ1) is 15.4. The van der Waals surface area contributed by atoms with Crippen LogP contribution in [0.25, 0.3) is 0 Å². The Morgan fingerprint density at radius 3 is 2.43 bits per heavy atom. The summed E-state index contributed by atoms with van der Waals surface area (Å²) >= 11 is 0. The summed E-state index contributed by atoms with van der Waals surface area (Å²) in [5, 5.41) is 0. The van der Waals surface area contributed by atoms with Gasteiger partial charge in [-0.25, -0.2) is 0 Å². The van der Waals surface area contributed by atoms with E-state index in [-0.39, 0.29) is 5.92 Å². The Morgan fingerprint density at radius 1 is 1.05 bits per heavy atom. The summed E-state index contributed by atoms with van der Waals surface area (Å²) in [5.41, 5.74) is 8.43. The molecule has 21 heavy (non-hydrogen) atoms. The Hall–Kier alpha value is -2.00. The smallest absolute Gasteiger partial charge is 0.119 e. The summed E-state index contributed by atoms with van der Waals surface area (Å²) in [5.74, 6) is 2.07. The second kappa shape index (κ2) is 7.70. The molecule has 2 aromatic rings. The van der Waals surface area contributed by atoms with Gasteiger partial charge in [-0.05, 0) is 55.3 Å². The van der Waals surface area contributed by atoms with Crippen molar-refractivity contribution in [2.75, 3.05) is 20.3 Å². The maximum absolute atomic E-state index is 5.96. The second-order valence-electron chi connectivity index (χ2n) is 4.99. The van der Waals surface area contributed by atoms with E-state index in [9.17, 15) is 0 Å². The van der Waals surface area contributed by atoms with Gasteiger partial charge in [-0.1, -0.05) is 24.3 Å². The number of benzene rings is 2. The Bertz CT molecular complexity index is 551. The lowest BCUT2D eigenvalue weighted by Gasteiger charge is -2.16. The molecular weight excluding hydrogens is 262 g/mol. The van der Waals surface area contributed by atoms with Gasteiger partial charge in [-0.3, -0.25) is 0 Å². The van der Waals surface area contributed by atoms with Gasteiger partial charge < -0.3 is 15.2 Å². The van der Waals surface area contributed by atoms with E-state index in [1.807, 2.05) is 31.2 Å². The van der Waals surface area contributed by atoms with Crippen LogP contribution in [-0.2, 0) is 6.42 Å². The van der Waals surface area contributed by atoms with Crippen LogP contribution in [0.5, 0.6) is 11.5 Å². The number of hydrogen-bond acceptors (Lipinski definition) is 3. The highest BCUT2D eigenvalue weighted by atomic mass is 16.5. The largest absolute Gasteiger partial charge is 0.497 e. The van der Waals surface area contributed by atoms with Crippen LogP contribution in [0.15, 0.2) is 48.5 Å². The fourth-order valence-corrected chi connectivity index (χ4v) is 2.41. The fraction of sp³-hybridized carbons (Fsp3) is 0.333. The molecule has 0 aliphatic heterocycles. The van der Waals surface area contributed by atoms with Crippen molar-refractivity contribution in [3.63, 3.8) is 0 Å². The first-order valence-electron chi connectivity index (χ1n) is 7.32. The lowest BCUT2D eigenvalue weighted by Crippen LogP contribution is -2.15. The van der Waals surface area contributed by atoms with E-state index in [1.54, 1.807) is 7.11 Å². The quantitative estimate of drug-likeness (QED) is 0.848. The minimum Gasteiger partial charge on any atom is -0.497 e. The average molecular weight is 285 g/mol. The molecule has 0 radical (unpaired) electrons. The second-order valence-corrected chi connectivity index (χ2v) is 4.99. The first-order chi connectivity index (χ1) is 10.3. The van der Waals surface area contributed by atoms with E-state index in [0.29, 0.717) is 13.2 Å². The number of nitrogens with two attached hydrogens (primary N) is 1. The molecule has 1 unspecified atom stereocenters. The van der Waals surface area contributed by atoms with Crippen LogP contribution >= 0.6 is 0 Å². The Balaban J connectivity index is 2.10. The molecule has 0 saturated heterocycles. The number of hydrogen-bond donors (Lipinski definition) is 1. The summed E-state index contributed by atoms with van der Waals surface area (Å²) in [6, 6.07) is 16.4. The van der Waals surface area contributed by atoms with Crippen LogP contribution in [0.1, 0.15) is 24.0 Å². The van der Waals surface area contributed by atoms with Gasteiger partial charge in [-0.15, -0.1) is 0 Å². The van der Waals surface area contributed by atoms with Gasteiger partial charge in [0.1, 0.15) is 11.5 Å². The number of ether oxygens (including phenoxy) is 2. The van der Waals surface area contributed by atoms with Crippen molar-refractivity contribution in [2.24, 2.45) is 5.73 Å². The summed E-state index contributed by atoms with van der Waals surface area (Å²) in [4.78, 5) is 0. The van der Waals surface area contributed by atoms with Crippen LogP contribution < -0.4 is 15.2 Å². The molecule has 0 amide bonds. The topological polar surface area (TPSA) is 44.5 Å². The van der Waals surface area contributed by atoms with Crippen LogP contribution in [-0.4, -0.2) is 20.3 Å². The lowest BCUT2D eigenvalue weighted by molar-refractivity contribution is 0.340. The molecule has 3 heteroatoms. The van der Waals surface area contributed by atoms with Gasteiger partial charge in [0, 0.05) is 5.92 Å². The van der Waals surface area contributed by atoms with E-state index in [2.05, 4.69) is 24.3 Å². The Labute approximate surface area is 126 Å². The summed E-state index contributed by atoms with van der Waals surface area (Å²) < 4.78 is 10.8. The zero-order chi connectivity index (χ0) is 15.1. The molecule has 2 rings (SSSR count). The van der Waals surface area contributed by atoms with Gasteiger partial charge in [0.25, 0.3) is 0 Å². The molecule has 0 aliphatic carbocycles. The van der Waals surface area contributed by atoms with Crippen molar-refractivity contribution in [3.8, 4) is 11.5 Å². The first-order valence-corrected chi connectivity index (χ1v) is 7.32. The van der Waals surface area contributed by atoms with E-state index < -0.39 is 0 Å². The summed E-state index contributed by atoms with van der Waals surface area (Å²) in [6.45, 7) is 3.29. The molecule has 0 aliphatic rings. The predicted octanol–water partition coefficient (Wildman–Crippen LogP) is 3.38. The number of rotatable bonds is 7. The zero-order valence-corrected chi connectivity index (χ0v) is 12.7. The fourth-order valence-electron chi connectivity index (χ4n) is 2.41. The SMILES string of the molecule is CCOc1ccc(CC(CN)c2cccc(OC)c2)cc1. The molecule has 0 aromatic heterocycles. The van der Waals surface area contributed by atoms with Gasteiger partial charge in [0.15, 0.2) is 0 Å². The third-order valence-electron chi connectivity index (χ3n) is 3.57. The maximum atomic E-state index is 5.96. The molecule has 112 valence electrons. The Morgan fingerprint density at radius 2 is 1.81 bits per heavy atom. The minimum atomic E-state index is 0.290. The molecule has 0 saturated carbocycles. The highest BCUT2D eigenvalue weighted by Crippen LogP contribution is 2.24. The van der Waals surface area contributed by atoms with Crippen molar-refractivity contribution >= 4 is 0 Å². The predicted molar refractivity (Wildman–Crippen MR) is 86.1 cm³/mol. The molecule has 0 fully saturated rings. The molecule has 0 heterocycles. The Kier molecular flexibility index (Phi) is 5.64. The van der Waals surface area contributed by atoms with Crippen molar-refractivity contribution in [2.45, 2.75) is 19.3 Å². The molecular formula is C18H23NO2. The molecule has 2 N–H and O–H groups in total. The van der Waals surface area contributed by atoms with Gasteiger partial charge >= 0.3 is 0 Å². The molecule has 1 atom stereocenters. The van der Waals surface area contributed by atoms with Crippen LogP contribution in [0, 0.1) is 0 Å². The third-order valence-corrected chi connectivity index (χ3v) is 3.57. The highest BCUT2D eigenvalue weighted by Gasteiger charge is 2.11. The zero-order valence-electron chi connectivity index (χ0n) is 12.7. The van der Waals surface area contributed by atoms with E-state index in [4.69, 9.17) is 15.2 Å². The molecule has 3 nitrogen and oxygen atoms in total. The lowest BCUT2D eigenvalue weighted by atomic mass is 9.92. The van der Waals surface area contributed by atoms with Crippen molar-refractivity contribution in [3.05, 3.63) is 59.7 Å². The van der Waals surface area contributed by atoms with Crippen LogP contribution in [0.2, 0.25) is 0 Å². The number of methoxy groups -OCH3 is 1. The van der Waals surface area contributed by atoms with Gasteiger partial charge in [0.2, 0.25) is 0 Å². The van der Waals surface area contributed by atoms with E-state index in [1.165, 1.54) is 11.1 Å². The van der Waals surface area contributed by atoms with Gasteiger partial charge in [-0.2, -0.15) is 0 Å². The minimum absolute atomic E-state index is 0.290. The summed E-state index contributed by atoms with van der Waals surface area (Å²) in [7, 11) is 1.68. The van der Waals surface area contributed by atoms with E-state index in [0.717, 1.165) is 17.9 Å². The van der Waals surface area contributed by atoms with Crippen molar-refractivity contribution in [1.29, 1.82) is 0 Å². The van der Waals surface area contributed by atoms with Crippen LogP contribution in [0.4, 0.5) is 0 Å². The van der Waals surface area contributed by atoms with Gasteiger partial charge in [0.05, 0.1) is 13.7 Å². The average Bonchev–Trinajstić information content (AvgIpc) is 2.54. The monoisotopic (exact) mass is 285 g/mol. The summed E-state index contributed by atoms with van der Waals surface area (Å²) in [6.07, 6.45) is 0.913. The van der Waals surface area contributed by atoms with Crippen LogP contribution in [0.3, 0.4) is 0 Å². The van der Waals surface area contributed by atoms with Crippen molar-refractivity contribution < 1.29 is 9.47 Å². The van der Waals surface area contributed by atoms with E-state index >= 15 is 0 Å². The maximum Gasteiger partial charge on any atom is 0.119 e. The molecule has 0 spiro atoms. The molecule has 2 aromatic carbocycles. The third kappa shape index (κ3) is 4.23. The van der Waals surface area contributed by atoms with Crippen molar-refractivity contribution in [1.82, 2.24) is 0 Å². The standard InChI is InChI=1S/C18H23NO2/c1-3-21-17-9-7-14(8-10-17)11-16(13-19)15-5-4-6-18(12-15)20-2/h4-10,12,16H,3,11,13,19H2,1-2H3.